The third kappa shape index (κ3) is 27.6. The maximum atomic E-state index is 13.3. The number of likely N-dealkylation sites (tertiary alicyclic amines) is 1. The maximum Gasteiger partial charge on any atom is 0.573 e. The summed E-state index contributed by atoms with van der Waals surface area (Å²) in [5, 5.41) is 34.0. The molecule has 752 valence electrons. The summed E-state index contributed by atoms with van der Waals surface area (Å²) in [7, 11) is 2.13. The van der Waals surface area contributed by atoms with Crippen molar-refractivity contribution in [2.45, 2.75) is 136 Å². The molecule has 3 fully saturated rings. The number of piperazine rings is 1. The Morgan fingerprint density at radius 1 is 0.444 bits per heavy atom. The van der Waals surface area contributed by atoms with Crippen molar-refractivity contribution >= 4 is 125 Å². The van der Waals surface area contributed by atoms with Gasteiger partial charge in [0.05, 0.1) is 85.2 Å². The molecule has 3 aliphatic heterocycles. The number of piperidine rings is 1. The van der Waals surface area contributed by atoms with E-state index in [0.29, 0.717) is 89.5 Å². The van der Waals surface area contributed by atoms with E-state index in [1.165, 1.54) is 62.3 Å². The normalized spacial score (nSPS) is 14.6. The highest BCUT2D eigenvalue weighted by atomic mass is 35.5. The van der Waals surface area contributed by atoms with Gasteiger partial charge in [0.1, 0.15) is 40.6 Å². The van der Waals surface area contributed by atoms with Gasteiger partial charge in [-0.15, -0.1) is 13.2 Å². The highest BCUT2D eigenvalue weighted by molar-refractivity contribution is 6.42. The van der Waals surface area contributed by atoms with E-state index in [-0.39, 0.29) is 67.3 Å². The average molecular weight is 2040 g/mol. The molecule has 5 N–H and O–H groups in total. The average Bonchev–Trinajstić information content (AvgIpc) is 1.61. The number of imidazole rings is 3. The molecule has 0 amide bonds. The summed E-state index contributed by atoms with van der Waals surface area (Å²) in [6, 6.07) is 78.8. The Morgan fingerprint density at radius 2 is 0.875 bits per heavy atom. The van der Waals surface area contributed by atoms with Crippen LogP contribution in [0.5, 0.6) is 5.75 Å². The van der Waals surface area contributed by atoms with Crippen molar-refractivity contribution in [2.24, 2.45) is 0 Å². The number of aromatic nitrogens is 6. The number of fused-ring (bicyclic) bond motifs is 4. The van der Waals surface area contributed by atoms with Crippen LogP contribution in [0.2, 0.25) is 20.1 Å². The number of nitrogens with zero attached hydrogens (tertiary/aromatic N) is 11. The number of hydrogen-bond donors (Lipinski definition) is 5. The monoisotopic (exact) mass is 2040 g/mol. The number of carbonyl (C=O) groups excluding carboxylic acids is 3. The van der Waals surface area contributed by atoms with Crippen molar-refractivity contribution in [1.82, 2.24) is 54.4 Å². The van der Waals surface area contributed by atoms with Gasteiger partial charge in [0.15, 0.2) is 0 Å². The lowest BCUT2D eigenvalue weighted by Crippen LogP contribution is -2.44. The summed E-state index contributed by atoms with van der Waals surface area (Å²) in [4.78, 5) is 64.0. The summed E-state index contributed by atoms with van der Waals surface area (Å²) in [6.45, 7) is 19.3. The van der Waals surface area contributed by atoms with Crippen molar-refractivity contribution in [2.75, 3.05) is 120 Å². The Kier molecular flexibility index (Phi) is 35.5. The molecule has 0 bridgehead atoms. The molecule has 144 heavy (non-hydrogen) atoms. The first kappa shape index (κ1) is 105. The zero-order chi connectivity index (χ0) is 101. The number of ketones is 3. The SMILES string of the molecule is CC(=O)CC(NCc1ccc(Cl)c(Cl)c1)c1ccc2c(c1)nc(-c1ccc(N3CCN(C)CC3)cc1)n2Cc1ccc(C(F)(F)F)cc1.CC(=O)CC(NCc1ccc(Cl)c(Cl)c1)c1ccc2c(c1)nc(-c1ccc(N3CCOCC3)cc1)n2CCCN1CCCCC1.CC(=O)CC(NCc1cccc2ccccc12)c1ccc2c(c1)nc(-c1ccc(N(CCO)CCO)cc1)n2Cc1ccc(OC(F)(F)F)cc1. The Balaban J connectivity index is 0.000000155. The summed E-state index contributed by atoms with van der Waals surface area (Å²) in [5.41, 5.74) is 17.8. The van der Waals surface area contributed by atoms with Crippen molar-refractivity contribution in [1.29, 1.82) is 0 Å². The Morgan fingerprint density at radius 3 is 1.33 bits per heavy atom. The van der Waals surface area contributed by atoms with Gasteiger partial charge in [-0.3, -0.25) is 14.4 Å². The van der Waals surface area contributed by atoms with Crippen LogP contribution < -0.4 is 35.4 Å². The van der Waals surface area contributed by atoms with E-state index in [4.69, 9.17) is 66.1 Å². The van der Waals surface area contributed by atoms with Gasteiger partial charge < -0.3 is 73.8 Å². The summed E-state index contributed by atoms with van der Waals surface area (Å²) in [5.74, 6) is 2.25. The van der Waals surface area contributed by atoms with Crippen LogP contribution in [0.4, 0.5) is 43.4 Å². The number of ether oxygens (including phenoxy) is 2. The third-order valence-corrected chi connectivity index (χ3v) is 28.1. The number of aliphatic hydroxyl groups excluding tert-OH is 2. The van der Waals surface area contributed by atoms with Crippen molar-refractivity contribution < 1.29 is 60.4 Å². The van der Waals surface area contributed by atoms with Crippen LogP contribution in [0.1, 0.15) is 134 Å². The molecule has 3 saturated heterocycles. The number of rotatable bonds is 37. The molecule has 31 heteroatoms. The van der Waals surface area contributed by atoms with Crippen LogP contribution in [-0.4, -0.2) is 178 Å². The number of nitrogens with one attached hydrogen (secondary N) is 3. The molecule has 18 rings (SSSR count). The number of alkyl halides is 6. The van der Waals surface area contributed by atoms with Gasteiger partial charge in [0.25, 0.3) is 0 Å². The summed E-state index contributed by atoms with van der Waals surface area (Å²) >= 11 is 24.7. The van der Waals surface area contributed by atoms with Gasteiger partial charge in [-0.2, -0.15) is 13.2 Å². The van der Waals surface area contributed by atoms with Gasteiger partial charge in [-0.05, 0) is 280 Å². The van der Waals surface area contributed by atoms with Crippen LogP contribution in [0.25, 0.3) is 78.0 Å². The number of carbonyl (C=O) groups is 3. The zero-order valence-electron chi connectivity index (χ0n) is 80.9. The Hall–Kier alpha value is -12.1. The molecule has 3 aromatic heterocycles. The Labute approximate surface area is 854 Å². The van der Waals surface area contributed by atoms with Crippen molar-refractivity contribution in [3.05, 3.63) is 325 Å². The third-order valence-electron chi connectivity index (χ3n) is 26.6. The smallest absolute Gasteiger partial charge is 0.406 e. The number of benzene rings is 12. The molecular formula is C113H118Cl4F6N14O7. The molecule has 0 radical (unpaired) electrons. The Bertz CT molecular complexity index is 6880. The van der Waals surface area contributed by atoms with Gasteiger partial charge in [-0.1, -0.05) is 150 Å². The van der Waals surface area contributed by atoms with E-state index in [0.717, 1.165) is 201 Å². The molecule has 0 saturated carbocycles. The molecular weight excluding hydrogens is 1920 g/mol. The fourth-order valence-corrected chi connectivity index (χ4v) is 19.7. The van der Waals surface area contributed by atoms with Crippen molar-refractivity contribution in [3.8, 4) is 39.9 Å². The quantitative estimate of drug-likeness (QED) is 0.0229. The van der Waals surface area contributed by atoms with Crippen LogP contribution in [0.15, 0.2) is 255 Å². The number of likely N-dealkylation sites (N-methyl/N-ethyl adjacent to an activating group) is 1. The van der Waals surface area contributed by atoms with Gasteiger partial charge in [-0.25, -0.2) is 15.0 Å². The molecule has 3 atom stereocenters. The molecule has 21 nitrogen and oxygen atoms in total. The molecule has 3 aliphatic rings. The minimum Gasteiger partial charge on any atom is -0.406 e. The molecule has 6 heterocycles. The van der Waals surface area contributed by atoms with Crippen LogP contribution in [0.3, 0.4) is 0 Å². The number of halogens is 10. The first-order valence-corrected chi connectivity index (χ1v) is 50.3. The van der Waals surface area contributed by atoms with Gasteiger partial charge in [0.2, 0.25) is 0 Å². The second-order valence-electron chi connectivity index (χ2n) is 37.1. The standard InChI is InChI=1S/C40H39F3N4O4.C37H36Cl2F3N5O.C36H43Cl2N5O2/c1-27(50)23-36(44-25-32-7-4-6-29-5-2-3-8-35(29)32)31-13-18-38-37(24-31)45-39(30-11-14-33(15-12-30)46(19-21-48)20-22-49)47(38)26-28-9-16-34(17-10-28)51-40(41,42)43;1-24(48)19-33(43-22-26-5-13-31(38)32(39)20-26)28-8-14-35-34(21-28)44-36(47(35)23-25-3-9-29(10-4-25)37(40,41)42)27-6-11-30(12-7-27)46-17-15-45(2)16-18-46;1-26(44)22-33(39-25-27-6-12-31(37)32(38)23-27)29-9-13-35-34(24-29)40-36(43(35)17-5-16-41-14-3-2-4-15-41)28-7-10-30(11-8-28)42-18-20-45-21-19-42/h2-18,24,36,44,48-49H,19-23,25-26H2,1H3;3-14,20-21,33,43H,15-19,22-23H2,1-2H3;6-13,23-24,33,39H,2-5,14-22,25H2,1H3. The number of anilines is 3. The lowest BCUT2D eigenvalue weighted by atomic mass is 9.99. The lowest BCUT2D eigenvalue weighted by Gasteiger charge is -2.34. The molecule has 0 spiro atoms. The van der Waals surface area contributed by atoms with E-state index in [9.17, 15) is 50.9 Å². The van der Waals surface area contributed by atoms with E-state index >= 15 is 0 Å². The van der Waals surface area contributed by atoms with Crippen LogP contribution in [0, 0.1) is 0 Å². The topological polar surface area (TPSA) is 216 Å². The number of morpholine rings is 1. The predicted molar refractivity (Wildman–Crippen MR) is 564 cm³/mol. The maximum absolute atomic E-state index is 13.3. The minimum absolute atomic E-state index is 0.0377. The van der Waals surface area contributed by atoms with E-state index in [1.54, 1.807) is 51.1 Å². The summed E-state index contributed by atoms with van der Waals surface area (Å²) in [6.07, 6.45) is -3.21. The van der Waals surface area contributed by atoms with Crippen molar-refractivity contribution in [3.63, 3.8) is 0 Å². The first-order valence-electron chi connectivity index (χ1n) is 48.8. The van der Waals surface area contributed by atoms with E-state index in [1.807, 2.05) is 111 Å². The van der Waals surface area contributed by atoms with Crippen LogP contribution >= 0.6 is 46.4 Å². The fraction of sp³-hybridized carbons (Fsp3) is 0.327. The van der Waals surface area contributed by atoms with E-state index < -0.39 is 18.1 Å². The number of aliphatic hydroxyl groups is 2. The first-order chi connectivity index (χ1) is 69.5. The van der Waals surface area contributed by atoms with Crippen LogP contribution in [-0.2, 0) is 64.6 Å². The zero-order valence-corrected chi connectivity index (χ0v) is 83.9. The highest BCUT2D eigenvalue weighted by Gasteiger charge is 2.33. The minimum atomic E-state index is -4.78. The molecule has 15 aromatic rings. The number of hydrogen-bond acceptors (Lipinski definition) is 18. The molecule has 12 aromatic carbocycles. The van der Waals surface area contributed by atoms with Gasteiger partial charge >= 0.3 is 12.5 Å². The molecule has 0 aliphatic carbocycles. The fourth-order valence-electron chi connectivity index (χ4n) is 19.1. The predicted octanol–water partition coefficient (Wildman–Crippen LogP) is 23.6. The number of Topliss-reactive ketones (excluding diaryl/α,β-unsaturated/α-hetero) is 3. The second-order valence-corrected chi connectivity index (χ2v) is 38.8. The molecule has 3 unspecified atom stereocenters. The lowest BCUT2D eigenvalue weighted by molar-refractivity contribution is -0.274. The van der Waals surface area contributed by atoms with E-state index in [2.05, 4.69) is 143 Å². The van der Waals surface area contributed by atoms with Gasteiger partial charge in [0, 0.05) is 163 Å². The second kappa shape index (κ2) is 48.8. The summed E-state index contributed by atoms with van der Waals surface area (Å²) < 4.78 is 94.3. The number of aryl methyl sites for hydroxylation is 1. The largest absolute Gasteiger partial charge is 0.573 e. The highest BCUT2D eigenvalue weighted by Crippen LogP contribution is 2.39.